The van der Waals surface area contributed by atoms with Crippen molar-refractivity contribution in [3.8, 4) is 11.5 Å². The number of amides is 2. The molecule has 0 saturated heterocycles. The van der Waals surface area contributed by atoms with Gasteiger partial charge in [0.1, 0.15) is 12.7 Å². The summed E-state index contributed by atoms with van der Waals surface area (Å²) in [5.74, 6) is 2.48. The number of benzene rings is 1. The van der Waals surface area contributed by atoms with Gasteiger partial charge in [-0.15, -0.1) is 0 Å². The van der Waals surface area contributed by atoms with Crippen LogP contribution in [0.25, 0.3) is 0 Å². The van der Waals surface area contributed by atoms with Crippen LogP contribution >= 0.6 is 0 Å². The fourth-order valence-electron chi connectivity index (χ4n) is 6.01. The molecule has 4 bridgehead atoms. The van der Waals surface area contributed by atoms with Crippen LogP contribution in [-0.2, 0) is 9.59 Å². The third kappa shape index (κ3) is 3.26. The largest absolute Gasteiger partial charge is 0.486 e. The highest BCUT2D eigenvalue weighted by atomic mass is 16.6. The average Bonchev–Trinajstić information content (AvgIpc) is 2.64. The topological polar surface area (TPSA) is 76.7 Å². The number of fused-ring (bicyclic) bond motifs is 1. The van der Waals surface area contributed by atoms with Gasteiger partial charge < -0.3 is 20.1 Å². The van der Waals surface area contributed by atoms with Gasteiger partial charge in [-0.25, -0.2) is 0 Å². The summed E-state index contributed by atoms with van der Waals surface area (Å²) in [4.78, 5) is 24.8. The Labute approximate surface area is 159 Å². The van der Waals surface area contributed by atoms with Crippen molar-refractivity contribution in [2.24, 2.45) is 17.8 Å². The zero-order chi connectivity index (χ0) is 18.4. The van der Waals surface area contributed by atoms with Gasteiger partial charge in [-0.05, 0) is 68.4 Å². The summed E-state index contributed by atoms with van der Waals surface area (Å²) < 4.78 is 11.5. The fourth-order valence-corrected chi connectivity index (χ4v) is 6.01. The van der Waals surface area contributed by atoms with E-state index in [0.717, 1.165) is 37.0 Å². The number of para-hydroxylation sites is 2. The number of carbonyl (C=O) groups is 2. The molecule has 0 spiro atoms. The molecule has 1 aliphatic heterocycles. The summed E-state index contributed by atoms with van der Waals surface area (Å²) in [6.07, 6.45) is 6.74. The number of hydrogen-bond acceptors (Lipinski definition) is 4. The lowest BCUT2D eigenvalue weighted by Crippen LogP contribution is -2.62. The standard InChI is InChI=1S/C21H26N2O4/c24-19(22-11-16-12-26-17-3-1-2-4-18(17)27-16)20(25)23-21-8-13-5-14(9-21)7-15(6-13)10-21/h1-4,13-16H,5-12H2,(H,22,24)(H,23,25). The van der Waals surface area contributed by atoms with Gasteiger partial charge in [-0.2, -0.15) is 0 Å². The van der Waals surface area contributed by atoms with Gasteiger partial charge in [0.15, 0.2) is 11.5 Å². The second-order valence-electron chi connectivity index (χ2n) is 8.86. The maximum atomic E-state index is 12.5. The third-order valence-corrected chi connectivity index (χ3v) is 6.68. The summed E-state index contributed by atoms with van der Waals surface area (Å²) in [7, 11) is 0. The summed E-state index contributed by atoms with van der Waals surface area (Å²) in [6, 6.07) is 7.45. The summed E-state index contributed by atoms with van der Waals surface area (Å²) in [5.41, 5.74) is -0.146. The molecule has 1 unspecified atom stereocenters. The summed E-state index contributed by atoms with van der Waals surface area (Å²) >= 11 is 0. The SMILES string of the molecule is O=C(NCC1COc2ccccc2O1)C(=O)NC12CC3CC(CC(C3)C1)C2. The maximum Gasteiger partial charge on any atom is 0.309 e. The van der Waals surface area contributed by atoms with Crippen molar-refractivity contribution in [2.75, 3.05) is 13.2 Å². The first-order valence-corrected chi connectivity index (χ1v) is 10.1. The lowest BCUT2D eigenvalue weighted by Gasteiger charge is -2.56. The van der Waals surface area contributed by atoms with E-state index in [1.807, 2.05) is 24.3 Å². The number of nitrogens with one attached hydrogen (secondary N) is 2. The van der Waals surface area contributed by atoms with E-state index in [-0.39, 0.29) is 18.2 Å². The molecule has 5 aliphatic rings. The minimum atomic E-state index is -0.576. The van der Waals surface area contributed by atoms with Crippen LogP contribution in [0.5, 0.6) is 11.5 Å². The second-order valence-corrected chi connectivity index (χ2v) is 8.86. The van der Waals surface area contributed by atoms with Crippen LogP contribution < -0.4 is 20.1 Å². The van der Waals surface area contributed by atoms with Gasteiger partial charge in [0.25, 0.3) is 0 Å². The highest BCUT2D eigenvalue weighted by molar-refractivity contribution is 6.35. The highest BCUT2D eigenvalue weighted by Gasteiger charge is 2.51. The van der Waals surface area contributed by atoms with Crippen molar-refractivity contribution in [1.29, 1.82) is 0 Å². The van der Waals surface area contributed by atoms with Crippen LogP contribution in [-0.4, -0.2) is 36.6 Å². The number of ether oxygens (including phenoxy) is 2. The van der Waals surface area contributed by atoms with Gasteiger partial charge in [0.05, 0.1) is 6.54 Å². The van der Waals surface area contributed by atoms with Crippen molar-refractivity contribution in [1.82, 2.24) is 10.6 Å². The Bertz CT molecular complexity index is 727. The molecule has 6 heteroatoms. The number of rotatable bonds is 3. The van der Waals surface area contributed by atoms with Gasteiger partial charge in [-0.3, -0.25) is 9.59 Å². The molecule has 6 rings (SSSR count). The Hall–Kier alpha value is -2.24. The molecule has 27 heavy (non-hydrogen) atoms. The minimum Gasteiger partial charge on any atom is -0.486 e. The lowest BCUT2D eigenvalue weighted by atomic mass is 9.53. The highest BCUT2D eigenvalue weighted by Crippen LogP contribution is 2.55. The fraction of sp³-hybridized carbons (Fsp3) is 0.619. The summed E-state index contributed by atoms with van der Waals surface area (Å²) in [6.45, 7) is 0.607. The molecule has 1 atom stereocenters. The van der Waals surface area contributed by atoms with Crippen LogP contribution in [0.4, 0.5) is 0 Å². The maximum absolute atomic E-state index is 12.5. The number of hydrogen-bond donors (Lipinski definition) is 2. The van der Waals surface area contributed by atoms with Gasteiger partial charge in [-0.1, -0.05) is 12.1 Å². The second kappa shape index (κ2) is 6.43. The molecule has 4 saturated carbocycles. The Morgan fingerprint density at radius 2 is 1.59 bits per heavy atom. The Morgan fingerprint density at radius 1 is 0.963 bits per heavy atom. The molecular formula is C21H26N2O4. The zero-order valence-corrected chi connectivity index (χ0v) is 15.4. The Morgan fingerprint density at radius 3 is 2.26 bits per heavy atom. The first kappa shape index (κ1) is 16.9. The van der Waals surface area contributed by atoms with Crippen molar-refractivity contribution < 1.29 is 19.1 Å². The predicted octanol–water partition coefficient (Wildman–Crippen LogP) is 2.03. The molecule has 6 nitrogen and oxygen atoms in total. The average molecular weight is 370 g/mol. The predicted molar refractivity (Wildman–Crippen MR) is 98.4 cm³/mol. The van der Waals surface area contributed by atoms with E-state index >= 15 is 0 Å². The van der Waals surface area contributed by atoms with E-state index in [1.165, 1.54) is 19.3 Å². The van der Waals surface area contributed by atoms with Crippen molar-refractivity contribution in [3.05, 3.63) is 24.3 Å². The third-order valence-electron chi connectivity index (χ3n) is 6.68. The zero-order valence-electron chi connectivity index (χ0n) is 15.4. The first-order valence-electron chi connectivity index (χ1n) is 10.1. The molecule has 1 heterocycles. The molecule has 4 aliphatic carbocycles. The van der Waals surface area contributed by atoms with Crippen molar-refractivity contribution in [2.45, 2.75) is 50.2 Å². The molecule has 1 aromatic rings. The first-order chi connectivity index (χ1) is 13.1. The smallest absolute Gasteiger partial charge is 0.309 e. The van der Waals surface area contributed by atoms with Crippen molar-refractivity contribution in [3.63, 3.8) is 0 Å². The minimum absolute atomic E-state index is 0.146. The van der Waals surface area contributed by atoms with Gasteiger partial charge >= 0.3 is 11.8 Å². The Kier molecular flexibility index (Phi) is 4.02. The van der Waals surface area contributed by atoms with Crippen LogP contribution in [0, 0.1) is 17.8 Å². The van der Waals surface area contributed by atoms with Crippen LogP contribution in [0.3, 0.4) is 0 Å². The molecule has 0 radical (unpaired) electrons. The van der Waals surface area contributed by atoms with E-state index in [4.69, 9.17) is 9.47 Å². The van der Waals surface area contributed by atoms with Crippen LogP contribution in [0.1, 0.15) is 38.5 Å². The lowest BCUT2D eigenvalue weighted by molar-refractivity contribution is -0.142. The van der Waals surface area contributed by atoms with E-state index < -0.39 is 11.8 Å². The van der Waals surface area contributed by atoms with Crippen LogP contribution in [0.15, 0.2) is 24.3 Å². The van der Waals surface area contributed by atoms with E-state index in [0.29, 0.717) is 18.1 Å². The normalized spacial score (nSPS) is 35.6. The molecular weight excluding hydrogens is 344 g/mol. The van der Waals surface area contributed by atoms with Gasteiger partial charge in [0, 0.05) is 5.54 Å². The Balaban J connectivity index is 1.15. The molecule has 2 amide bonds. The van der Waals surface area contributed by atoms with E-state index in [9.17, 15) is 9.59 Å². The molecule has 0 aromatic heterocycles. The van der Waals surface area contributed by atoms with E-state index in [2.05, 4.69) is 10.6 Å². The monoisotopic (exact) mass is 370 g/mol. The quantitative estimate of drug-likeness (QED) is 0.798. The van der Waals surface area contributed by atoms with Crippen molar-refractivity contribution >= 4 is 11.8 Å². The van der Waals surface area contributed by atoms with Crippen LogP contribution in [0.2, 0.25) is 0 Å². The van der Waals surface area contributed by atoms with Gasteiger partial charge in [0.2, 0.25) is 0 Å². The molecule has 4 fully saturated rings. The molecule has 144 valence electrons. The summed E-state index contributed by atoms with van der Waals surface area (Å²) in [5, 5.41) is 5.81. The molecule has 1 aromatic carbocycles. The molecule has 2 N–H and O–H groups in total. The number of carbonyl (C=O) groups excluding carboxylic acids is 2. The van der Waals surface area contributed by atoms with E-state index in [1.54, 1.807) is 0 Å².